The maximum absolute atomic E-state index is 5.80. The molecule has 0 amide bonds. The van der Waals surface area contributed by atoms with Crippen molar-refractivity contribution in [3.05, 3.63) is 11.4 Å². The number of hydrogen-bond acceptors (Lipinski definition) is 2. The second kappa shape index (κ2) is 2.95. The quantitative estimate of drug-likeness (QED) is 0.574. The largest absolute Gasteiger partial charge is 0.401 e. The zero-order valence-electron chi connectivity index (χ0n) is 6.78. The number of rotatable bonds is 1. The minimum atomic E-state index is 0.556. The molecule has 1 aliphatic rings. The minimum Gasteiger partial charge on any atom is -0.401 e. The van der Waals surface area contributed by atoms with Crippen molar-refractivity contribution in [3.63, 3.8) is 0 Å². The predicted octanol–water partition coefficient (Wildman–Crippen LogP) is 1.20. The van der Waals surface area contributed by atoms with Gasteiger partial charge < -0.3 is 11.1 Å². The van der Waals surface area contributed by atoms with Gasteiger partial charge in [0, 0.05) is 17.9 Å². The summed E-state index contributed by atoms with van der Waals surface area (Å²) in [6, 6.07) is 0. The first kappa shape index (κ1) is 7.45. The molecule has 1 aliphatic heterocycles. The van der Waals surface area contributed by atoms with Crippen LogP contribution in [0.1, 0.15) is 26.7 Å². The highest BCUT2D eigenvalue weighted by Gasteiger charge is 2.11. The van der Waals surface area contributed by atoms with Crippen LogP contribution in [0.3, 0.4) is 0 Å². The van der Waals surface area contributed by atoms with Gasteiger partial charge in [0.05, 0.1) is 0 Å². The molecule has 0 aliphatic carbocycles. The van der Waals surface area contributed by atoms with Crippen molar-refractivity contribution in [1.82, 2.24) is 5.32 Å². The van der Waals surface area contributed by atoms with Crippen molar-refractivity contribution in [3.8, 4) is 0 Å². The monoisotopic (exact) mass is 140 g/mol. The lowest BCUT2D eigenvalue weighted by molar-refractivity contribution is 0.573. The molecule has 0 aromatic rings. The van der Waals surface area contributed by atoms with E-state index in [2.05, 4.69) is 19.2 Å². The summed E-state index contributed by atoms with van der Waals surface area (Å²) in [6.07, 6.45) is 2.25. The molecule has 0 fully saturated rings. The van der Waals surface area contributed by atoms with Gasteiger partial charge in [0.25, 0.3) is 0 Å². The summed E-state index contributed by atoms with van der Waals surface area (Å²) in [4.78, 5) is 0. The Morgan fingerprint density at radius 2 is 2.20 bits per heavy atom. The maximum atomic E-state index is 5.80. The van der Waals surface area contributed by atoms with Crippen LogP contribution in [0.15, 0.2) is 11.4 Å². The van der Waals surface area contributed by atoms with Crippen LogP contribution in [0.25, 0.3) is 0 Å². The van der Waals surface area contributed by atoms with Gasteiger partial charge in [-0.3, -0.25) is 0 Å². The highest BCUT2D eigenvalue weighted by molar-refractivity contribution is 5.13. The zero-order valence-corrected chi connectivity index (χ0v) is 6.78. The van der Waals surface area contributed by atoms with E-state index in [1.165, 1.54) is 12.1 Å². The molecule has 0 unspecified atom stereocenters. The van der Waals surface area contributed by atoms with E-state index in [0.29, 0.717) is 5.92 Å². The minimum absolute atomic E-state index is 0.556. The summed E-state index contributed by atoms with van der Waals surface area (Å²) < 4.78 is 0. The van der Waals surface area contributed by atoms with Crippen LogP contribution in [0.2, 0.25) is 0 Å². The average molecular weight is 140 g/mol. The topological polar surface area (TPSA) is 38.0 Å². The highest BCUT2D eigenvalue weighted by atomic mass is 14.9. The Hall–Kier alpha value is -0.660. The Labute approximate surface area is 62.5 Å². The van der Waals surface area contributed by atoms with Gasteiger partial charge in [-0.15, -0.1) is 0 Å². The van der Waals surface area contributed by atoms with Gasteiger partial charge in [-0.05, 0) is 18.8 Å². The lowest BCUT2D eigenvalue weighted by Gasteiger charge is -2.22. The Balaban J connectivity index is 2.68. The average Bonchev–Trinajstić information content (AvgIpc) is 1.88. The number of hydrogen-bond donors (Lipinski definition) is 2. The van der Waals surface area contributed by atoms with Gasteiger partial charge in [-0.2, -0.15) is 0 Å². The molecular formula is C8H16N2. The Bertz CT molecular complexity index is 147. The molecule has 0 bridgehead atoms. The summed E-state index contributed by atoms with van der Waals surface area (Å²) >= 11 is 0. The fraction of sp³-hybridized carbons (Fsp3) is 0.750. The molecule has 0 spiro atoms. The Morgan fingerprint density at radius 3 is 2.60 bits per heavy atom. The van der Waals surface area contributed by atoms with Gasteiger partial charge in [0.15, 0.2) is 0 Å². The van der Waals surface area contributed by atoms with E-state index in [0.717, 1.165) is 18.7 Å². The van der Waals surface area contributed by atoms with Gasteiger partial charge in [0.1, 0.15) is 0 Å². The number of allylic oxidation sites excluding steroid dienone is 2. The van der Waals surface area contributed by atoms with Crippen LogP contribution in [-0.4, -0.2) is 6.54 Å². The highest BCUT2D eigenvalue weighted by Crippen LogP contribution is 2.15. The smallest absolute Gasteiger partial charge is 0.0323 e. The number of nitrogens with one attached hydrogen (secondary N) is 1. The molecule has 0 atom stereocenters. The van der Waals surface area contributed by atoms with E-state index in [4.69, 9.17) is 5.73 Å². The molecule has 2 heteroatoms. The van der Waals surface area contributed by atoms with E-state index in [9.17, 15) is 0 Å². The standard InChI is InChI=1S/C8H16N2/c1-6(2)8-7(9)4-3-5-10-8/h6,10H,3-5,9H2,1-2H3. The molecule has 10 heavy (non-hydrogen) atoms. The molecule has 0 aromatic heterocycles. The SMILES string of the molecule is CC(C)C1=C(N)CCCN1. The fourth-order valence-corrected chi connectivity index (χ4v) is 1.33. The van der Waals surface area contributed by atoms with Gasteiger partial charge >= 0.3 is 0 Å². The molecule has 0 radical (unpaired) electrons. The molecular weight excluding hydrogens is 124 g/mol. The van der Waals surface area contributed by atoms with Crippen LogP contribution < -0.4 is 11.1 Å². The van der Waals surface area contributed by atoms with Crippen LogP contribution in [0.5, 0.6) is 0 Å². The van der Waals surface area contributed by atoms with Crippen molar-refractivity contribution in [1.29, 1.82) is 0 Å². The molecule has 3 N–H and O–H groups in total. The van der Waals surface area contributed by atoms with E-state index < -0.39 is 0 Å². The lowest BCUT2D eigenvalue weighted by Crippen LogP contribution is -2.27. The van der Waals surface area contributed by atoms with E-state index >= 15 is 0 Å². The molecule has 1 rings (SSSR count). The zero-order chi connectivity index (χ0) is 7.56. The van der Waals surface area contributed by atoms with Crippen molar-refractivity contribution in [2.45, 2.75) is 26.7 Å². The van der Waals surface area contributed by atoms with Gasteiger partial charge in [0.2, 0.25) is 0 Å². The fourth-order valence-electron chi connectivity index (χ4n) is 1.33. The lowest BCUT2D eigenvalue weighted by atomic mass is 10.0. The molecule has 0 saturated carbocycles. The molecule has 0 saturated heterocycles. The van der Waals surface area contributed by atoms with Crippen LogP contribution in [-0.2, 0) is 0 Å². The summed E-state index contributed by atoms with van der Waals surface area (Å²) in [6.45, 7) is 5.43. The molecule has 58 valence electrons. The third-order valence-corrected chi connectivity index (χ3v) is 1.86. The van der Waals surface area contributed by atoms with Crippen LogP contribution in [0.4, 0.5) is 0 Å². The summed E-state index contributed by atoms with van der Waals surface area (Å²) in [5.74, 6) is 0.556. The van der Waals surface area contributed by atoms with Crippen molar-refractivity contribution in [2.75, 3.05) is 6.54 Å². The third-order valence-electron chi connectivity index (χ3n) is 1.86. The van der Waals surface area contributed by atoms with E-state index in [1.54, 1.807) is 0 Å². The van der Waals surface area contributed by atoms with Crippen molar-refractivity contribution < 1.29 is 0 Å². The summed E-state index contributed by atoms with van der Waals surface area (Å²) in [7, 11) is 0. The van der Waals surface area contributed by atoms with E-state index in [-0.39, 0.29) is 0 Å². The first-order chi connectivity index (χ1) is 4.72. The summed E-state index contributed by atoms with van der Waals surface area (Å²) in [5, 5.41) is 3.32. The van der Waals surface area contributed by atoms with Crippen LogP contribution >= 0.6 is 0 Å². The molecule has 2 nitrogen and oxygen atoms in total. The second-order valence-electron chi connectivity index (χ2n) is 3.12. The van der Waals surface area contributed by atoms with Crippen molar-refractivity contribution in [2.24, 2.45) is 11.7 Å². The van der Waals surface area contributed by atoms with Crippen LogP contribution in [0, 0.1) is 5.92 Å². The first-order valence-electron chi connectivity index (χ1n) is 3.94. The Kier molecular flexibility index (Phi) is 2.20. The molecule has 0 aromatic carbocycles. The van der Waals surface area contributed by atoms with E-state index in [1.807, 2.05) is 0 Å². The van der Waals surface area contributed by atoms with Crippen molar-refractivity contribution >= 4 is 0 Å². The Morgan fingerprint density at radius 1 is 1.50 bits per heavy atom. The number of nitrogens with two attached hydrogens (primary N) is 1. The normalized spacial score (nSPS) is 19.5. The second-order valence-corrected chi connectivity index (χ2v) is 3.12. The first-order valence-corrected chi connectivity index (χ1v) is 3.94. The molecule has 1 heterocycles. The summed E-state index contributed by atoms with van der Waals surface area (Å²) in [5.41, 5.74) is 8.11. The van der Waals surface area contributed by atoms with Gasteiger partial charge in [-0.1, -0.05) is 13.8 Å². The maximum Gasteiger partial charge on any atom is 0.0323 e. The predicted molar refractivity (Wildman–Crippen MR) is 43.3 cm³/mol. The third kappa shape index (κ3) is 1.43. The van der Waals surface area contributed by atoms with Gasteiger partial charge in [-0.25, -0.2) is 0 Å².